The summed E-state index contributed by atoms with van der Waals surface area (Å²) in [7, 11) is -3.17. The lowest BCUT2D eigenvalue weighted by Gasteiger charge is -2.36. The first-order chi connectivity index (χ1) is 9.15. The largest absolute Gasteiger partial charge is 0.298 e. The molecule has 2 heterocycles. The van der Waals surface area contributed by atoms with E-state index in [0.29, 0.717) is 19.1 Å². The smallest absolute Gasteiger partial charge is 0.218 e. The van der Waals surface area contributed by atoms with Crippen LogP contribution in [0.3, 0.4) is 0 Å². The first-order valence-electron chi connectivity index (χ1n) is 6.91. The van der Waals surface area contributed by atoms with Crippen molar-refractivity contribution >= 4 is 10.0 Å². The highest BCUT2D eigenvalue weighted by Crippen LogP contribution is 2.24. The summed E-state index contributed by atoms with van der Waals surface area (Å²) in [6.07, 6.45) is 2.34. The van der Waals surface area contributed by atoms with Gasteiger partial charge in [-0.25, -0.2) is 8.42 Å². The minimum absolute atomic E-state index is 0.126. The molecule has 19 heavy (non-hydrogen) atoms. The van der Waals surface area contributed by atoms with Crippen LogP contribution in [0, 0.1) is 0 Å². The molecule has 2 fully saturated rings. The molecule has 0 aromatic heterocycles. The Morgan fingerprint density at radius 1 is 1.11 bits per heavy atom. The van der Waals surface area contributed by atoms with Gasteiger partial charge in [0.2, 0.25) is 10.0 Å². The summed E-state index contributed by atoms with van der Waals surface area (Å²) in [4.78, 5) is 2.43. The van der Waals surface area contributed by atoms with Crippen LogP contribution in [-0.2, 0) is 15.8 Å². The molecule has 4 nitrogen and oxygen atoms in total. The highest BCUT2D eigenvalue weighted by molar-refractivity contribution is 7.88. The lowest BCUT2D eigenvalue weighted by atomic mass is 10.2. The molecule has 2 aliphatic rings. The minimum Gasteiger partial charge on any atom is -0.298 e. The topological polar surface area (TPSA) is 40.6 Å². The second-order valence-corrected chi connectivity index (χ2v) is 7.40. The maximum absolute atomic E-state index is 12.5. The highest BCUT2D eigenvalue weighted by Gasteiger charge is 2.35. The van der Waals surface area contributed by atoms with E-state index in [1.165, 1.54) is 6.42 Å². The van der Waals surface area contributed by atoms with E-state index < -0.39 is 10.0 Å². The van der Waals surface area contributed by atoms with Crippen LogP contribution < -0.4 is 0 Å². The number of hydrogen-bond donors (Lipinski definition) is 0. The number of nitrogens with zero attached hydrogens (tertiary/aromatic N) is 2. The first kappa shape index (κ1) is 13.1. The van der Waals surface area contributed by atoms with Crippen molar-refractivity contribution in [3.05, 3.63) is 35.9 Å². The van der Waals surface area contributed by atoms with Gasteiger partial charge in [-0.05, 0) is 24.9 Å². The Hall–Kier alpha value is -0.910. The lowest BCUT2D eigenvalue weighted by Crippen LogP contribution is -2.52. The van der Waals surface area contributed by atoms with Gasteiger partial charge in [-0.2, -0.15) is 4.31 Å². The van der Waals surface area contributed by atoms with Crippen molar-refractivity contribution in [2.24, 2.45) is 0 Å². The average molecular weight is 280 g/mol. The van der Waals surface area contributed by atoms with Gasteiger partial charge in [-0.1, -0.05) is 30.3 Å². The van der Waals surface area contributed by atoms with E-state index in [1.54, 1.807) is 4.31 Å². The highest BCUT2D eigenvalue weighted by atomic mass is 32.2. The fourth-order valence-corrected chi connectivity index (χ4v) is 4.65. The van der Waals surface area contributed by atoms with Crippen molar-refractivity contribution in [2.45, 2.75) is 24.6 Å². The average Bonchev–Trinajstić information content (AvgIpc) is 2.86. The van der Waals surface area contributed by atoms with Crippen LogP contribution in [0.5, 0.6) is 0 Å². The van der Waals surface area contributed by atoms with Gasteiger partial charge in [0.15, 0.2) is 0 Å². The molecule has 1 atom stereocenters. The van der Waals surface area contributed by atoms with Crippen LogP contribution in [0.2, 0.25) is 0 Å². The number of benzene rings is 1. The van der Waals surface area contributed by atoms with Crippen molar-refractivity contribution in [1.29, 1.82) is 0 Å². The Morgan fingerprint density at radius 2 is 1.89 bits per heavy atom. The monoisotopic (exact) mass is 280 g/mol. The summed E-state index contributed by atoms with van der Waals surface area (Å²) >= 11 is 0. The van der Waals surface area contributed by atoms with Crippen molar-refractivity contribution < 1.29 is 8.42 Å². The van der Waals surface area contributed by atoms with Gasteiger partial charge in [0, 0.05) is 25.7 Å². The zero-order valence-corrected chi connectivity index (χ0v) is 11.8. The third-order valence-corrected chi connectivity index (χ3v) is 5.95. The summed E-state index contributed by atoms with van der Waals surface area (Å²) in [5.41, 5.74) is 0.872. The van der Waals surface area contributed by atoms with Crippen molar-refractivity contribution in [1.82, 2.24) is 9.21 Å². The Labute approximate surface area is 115 Å². The SMILES string of the molecule is O=S(=O)(Cc1ccccc1)N1CCN2CCCC2C1. The van der Waals surface area contributed by atoms with Gasteiger partial charge < -0.3 is 0 Å². The van der Waals surface area contributed by atoms with Crippen LogP contribution in [0.15, 0.2) is 30.3 Å². The van der Waals surface area contributed by atoms with Gasteiger partial charge in [0.25, 0.3) is 0 Å². The summed E-state index contributed by atoms with van der Waals surface area (Å²) in [5, 5.41) is 0. The lowest BCUT2D eigenvalue weighted by molar-refractivity contribution is 0.158. The Kier molecular flexibility index (Phi) is 3.60. The minimum atomic E-state index is -3.17. The van der Waals surface area contributed by atoms with E-state index in [9.17, 15) is 8.42 Å². The van der Waals surface area contributed by atoms with Crippen molar-refractivity contribution in [3.8, 4) is 0 Å². The third-order valence-electron chi connectivity index (χ3n) is 4.14. The van der Waals surface area contributed by atoms with Gasteiger partial charge in [-0.15, -0.1) is 0 Å². The zero-order valence-electron chi connectivity index (χ0n) is 11.0. The van der Waals surface area contributed by atoms with Gasteiger partial charge in [0.05, 0.1) is 5.75 Å². The number of fused-ring (bicyclic) bond motifs is 1. The number of hydrogen-bond acceptors (Lipinski definition) is 3. The molecular weight excluding hydrogens is 260 g/mol. The van der Waals surface area contributed by atoms with Gasteiger partial charge in [-0.3, -0.25) is 4.90 Å². The van der Waals surface area contributed by atoms with Crippen LogP contribution in [-0.4, -0.2) is 49.8 Å². The number of rotatable bonds is 3. The predicted molar refractivity (Wildman–Crippen MR) is 75.2 cm³/mol. The van der Waals surface area contributed by atoms with E-state index in [4.69, 9.17) is 0 Å². The molecule has 0 saturated carbocycles. The molecule has 2 aliphatic heterocycles. The molecule has 0 N–H and O–H groups in total. The molecular formula is C14H20N2O2S. The van der Waals surface area contributed by atoms with E-state index in [-0.39, 0.29) is 5.75 Å². The quantitative estimate of drug-likeness (QED) is 0.838. The van der Waals surface area contributed by atoms with E-state index in [0.717, 1.165) is 25.1 Å². The molecule has 3 rings (SSSR count). The maximum atomic E-state index is 12.5. The Balaban J connectivity index is 1.70. The van der Waals surface area contributed by atoms with Crippen LogP contribution >= 0.6 is 0 Å². The molecule has 104 valence electrons. The van der Waals surface area contributed by atoms with Gasteiger partial charge in [0.1, 0.15) is 0 Å². The molecule has 1 aromatic rings. The number of piperazine rings is 1. The third kappa shape index (κ3) is 2.83. The van der Waals surface area contributed by atoms with Crippen LogP contribution in [0.25, 0.3) is 0 Å². The molecule has 0 radical (unpaired) electrons. The molecule has 2 saturated heterocycles. The van der Waals surface area contributed by atoms with E-state index in [2.05, 4.69) is 4.90 Å². The summed E-state index contributed by atoms with van der Waals surface area (Å²) in [5.74, 6) is 0.126. The standard InChI is InChI=1S/C14H20N2O2S/c17-19(18,12-13-5-2-1-3-6-13)16-10-9-15-8-4-7-14(15)11-16/h1-3,5-6,14H,4,7-12H2. The van der Waals surface area contributed by atoms with Gasteiger partial charge >= 0.3 is 0 Å². The second kappa shape index (κ2) is 5.23. The molecule has 0 bridgehead atoms. The van der Waals surface area contributed by atoms with Crippen LogP contribution in [0.4, 0.5) is 0 Å². The molecule has 1 aromatic carbocycles. The molecule has 0 aliphatic carbocycles. The predicted octanol–water partition coefficient (Wildman–Crippen LogP) is 1.30. The molecule has 0 amide bonds. The summed E-state index contributed by atoms with van der Waals surface area (Å²) < 4.78 is 26.6. The van der Waals surface area contributed by atoms with Crippen molar-refractivity contribution in [2.75, 3.05) is 26.2 Å². The Morgan fingerprint density at radius 3 is 2.68 bits per heavy atom. The molecule has 5 heteroatoms. The Bertz CT molecular complexity index is 530. The molecule has 0 spiro atoms. The first-order valence-corrected chi connectivity index (χ1v) is 8.52. The zero-order chi connectivity index (χ0) is 13.3. The van der Waals surface area contributed by atoms with Crippen LogP contribution in [0.1, 0.15) is 18.4 Å². The fourth-order valence-electron chi connectivity index (χ4n) is 3.09. The van der Waals surface area contributed by atoms with E-state index >= 15 is 0 Å². The summed E-state index contributed by atoms with van der Waals surface area (Å²) in [6.45, 7) is 3.34. The summed E-state index contributed by atoms with van der Waals surface area (Å²) in [6, 6.07) is 9.89. The maximum Gasteiger partial charge on any atom is 0.218 e. The van der Waals surface area contributed by atoms with Crippen molar-refractivity contribution in [3.63, 3.8) is 0 Å². The van der Waals surface area contributed by atoms with E-state index in [1.807, 2.05) is 30.3 Å². The number of sulfonamides is 1. The molecule has 1 unspecified atom stereocenters. The fraction of sp³-hybridized carbons (Fsp3) is 0.571. The second-order valence-electron chi connectivity index (χ2n) is 5.43. The normalized spacial score (nSPS) is 25.4.